The van der Waals surface area contributed by atoms with Crippen molar-refractivity contribution >= 4 is 18.0 Å². The van der Waals surface area contributed by atoms with Gasteiger partial charge in [0.05, 0.1) is 5.69 Å². The minimum Gasteiger partial charge on any atom is -0.329 e. The van der Waals surface area contributed by atoms with Gasteiger partial charge in [-0.2, -0.15) is 5.10 Å². The van der Waals surface area contributed by atoms with Crippen LogP contribution in [-0.4, -0.2) is 11.2 Å². The third-order valence-electron chi connectivity index (χ3n) is 2.26. The summed E-state index contributed by atoms with van der Waals surface area (Å²) < 4.78 is 0. The van der Waals surface area contributed by atoms with Gasteiger partial charge in [0.2, 0.25) is 5.56 Å². The molecule has 1 aromatic carbocycles. The van der Waals surface area contributed by atoms with E-state index in [0.717, 1.165) is 5.69 Å². The molecule has 4 heteroatoms. The second-order valence-corrected chi connectivity index (χ2v) is 3.56. The van der Waals surface area contributed by atoms with Crippen molar-refractivity contribution in [1.29, 1.82) is 0 Å². The quantitative estimate of drug-likeness (QED) is 0.742. The SMILES string of the molecule is C1=Cc2ccccc2NN=C1.O=c1cccc[nH]1. The fraction of sp³-hybridized carbons (Fsp3) is 0. The van der Waals surface area contributed by atoms with Crippen molar-refractivity contribution in [3.8, 4) is 0 Å². The number of benzene rings is 1. The van der Waals surface area contributed by atoms with E-state index in [2.05, 4.69) is 15.5 Å². The predicted molar refractivity (Wildman–Crippen MR) is 74.7 cm³/mol. The molecule has 1 aliphatic rings. The molecule has 1 aliphatic heterocycles. The van der Waals surface area contributed by atoms with Gasteiger partial charge in [-0.05, 0) is 23.8 Å². The predicted octanol–water partition coefficient (Wildman–Crippen LogP) is 2.49. The van der Waals surface area contributed by atoms with Crippen molar-refractivity contribution in [2.75, 3.05) is 5.43 Å². The first kappa shape index (κ1) is 11.9. The van der Waals surface area contributed by atoms with Crippen molar-refractivity contribution in [1.82, 2.24) is 4.98 Å². The molecule has 2 N–H and O–H groups in total. The maximum absolute atomic E-state index is 10.2. The van der Waals surface area contributed by atoms with E-state index in [9.17, 15) is 4.79 Å². The van der Waals surface area contributed by atoms with E-state index < -0.39 is 0 Å². The number of nitrogens with zero attached hydrogens (tertiary/aromatic N) is 1. The van der Waals surface area contributed by atoms with E-state index in [1.54, 1.807) is 24.5 Å². The van der Waals surface area contributed by atoms with E-state index in [-0.39, 0.29) is 5.56 Å². The van der Waals surface area contributed by atoms with Gasteiger partial charge < -0.3 is 4.98 Å². The van der Waals surface area contributed by atoms with Crippen LogP contribution in [-0.2, 0) is 0 Å². The molecule has 0 unspecified atom stereocenters. The van der Waals surface area contributed by atoms with E-state index in [0.29, 0.717) is 0 Å². The van der Waals surface area contributed by atoms with Crippen LogP contribution in [0, 0.1) is 0 Å². The first-order valence-corrected chi connectivity index (χ1v) is 5.55. The highest BCUT2D eigenvalue weighted by atomic mass is 16.1. The number of fused-ring (bicyclic) bond motifs is 1. The van der Waals surface area contributed by atoms with E-state index in [1.807, 2.05) is 36.4 Å². The molecule has 0 saturated heterocycles. The lowest BCUT2D eigenvalue weighted by Crippen LogP contribution is -1.98. The third-order valence-corrected chi connectivity index (χ3v) is 2.26. The Balaban J connectivity index is 0.000000149. The molecule has 4 nitrogen and oxygen atoms in total. The van der Waals surface area contributed by atoms with Crippen LogP contribution in [0.1, 0.15) is 5.56 Å². The lowest BCUT2D eigenvalue weighted by molar-refractivity contribution is 1.24. The molecular weight excluding hydrogens is 226 g/mol. The van der Waals surface area contributed by atoms with Gasteiger partial charge in [0.1, 0.15) is 0 Å². The topological polar surface area (TPSA) is 57.2 Å². The molecule has 0 bridgehead atoms. The number of hydrazone groups is 1. The number of allylic oxidation sites excluding steroid dienone is 1. The summed E-state index contributed by atoms with van der Waals surface area (Å²) in [4.78, 5) is 12.7. The molecule has 18 heavy (non-hydrogen) atoms. The minimum atomic E-state index is -0.0532. The maximum atomic E-state index is 10.2. The second kappa shape index (κ2) is 6.20. The van der Waals surface area contributed by atoms with Gasteiger partial charge in [-0.25, -0.2) is 0 Å². The first-order valence-electron chi connectivity index (χ1n) is 5.55. The third kappa shape index (κ3) is 3.45. The fourth-order valence-electron chi connectivity index (χ4n) is 1.42. The van der Waals surface area contributed by atoms with Crippen molar-refractivity contribution in [2.45, 2.75) is 0 Å². The Labute approximate surface area is 105 Å². The van der Waals surface area contributed by atoms with E-state index in [1.165, 1.54) is 11.6 Å². The molecule has 0 fully saturated rings. The average molecular weight is 239 g/mol. The minimum absolute atomic E-state index is 0.0532. The highest BCUT2D eigenvalue weighted by Gasteiger charge is 1.96. The number of hydrogen-bond donors (Lipinski definition) is 2. The molecule has 0 aliphatic carbocycles. The molecule has 0 spiro atoms. The van der Waals surface area contributed by atoms with Gasteiger partial charge in [0.25, 0.3) is 0 Å². The fourth-order valence-corrected chi connectivity index (χ4v) is 1.42. The molecule has 90 valence electrons. The van der Waals surface area contributed by atoms with Crippen LogP contribution in [0.15, 0.2) is 64.6 Å². The zero-order valence-corrected chi connectivity index (χ0v) is 9.71. The van der Waals surface area contributed by atoms with Crippen LogP contribution >= 0.6 is 0 Å². The monoisotopic (exact) mass is 239 g/mol. The van der Waals surface area contributed by atoms with Gasteiger partial charge in [-0.15, -0.1) is 0 Å². The second-order valence-electron chi connectivity index (χ2n) is 3.56. The Hall–Kier alpha value is -2.62. The summed E-state index contributed by atoms with van der Waals surface area (Å²) in [6, 6.07) is 13.0. The van der Waals surface area contributed by atoms with Gasteiger partial charge in [0.15, 0.2) is 0 Å². The van der Waals surface area contributed by atoms with Crippen molar-refractivity contribution in [3.05, 3.63) is 70.7 Å². The zero-order valence-electron chi connectivity index (χ0n) is 9.71. The van der Waals surface area contributed by atoms with Gasteiger partial charge in [-0.1, -0.05) is 30.3 Å². The summed E-state index contributed by atoms with van der Waals surface area (Å²) in [5.74, 6) is 0. The molecule has 0 radical (unpaired) electrons. The van der Waals surface area contributed by atoms with Gasteiger partial charge in [-0.3, -0.25) is 10.2 Å². The summed E-state index contributed by atoms with van der Waals surface area (Å²) in [7, 11) is 0. The van der Waals surface area contributed by atoms with Crippen LogP contribution < -0.4 is 11.0 Å². The summed E-state index contributed by atoms with van der Waals surface area (Å²) in [5.41, 5.74) is 5.10. The normalized spacial score (nSPS) is 11.6. The molecule has 2 heterocycles. The lowest BCUT2D eigenvalue weighted by Gasteiger charge is -2.00. The molecule has 0 amide bonds. The van der Waals surface area contributed by atoms with Crippen LogP contribution in [0.3, 0.4) is 0 Å². The Bertz CT molecular complexity index is 597. The Morgan fingerprint density at radius 3 is 2.56 bits per heavy atom. The number of pyridine rings is 1. The largest absolute Gasteiger partial charge is 0.329 e. The summed E-state index contributed by atoms with van der Waals surface area (Å²) in [6.45, 7) is 0. The summed E-state index contributed by atoms with van der Waals surface area (Å²) in [5, 5.41) is 3.95. The van der Waals surface area contributed by atoms with Crippen LogP contribution in [0.25, 0.3) is 6.08 Å². The average Bonchev–Trinajstić information content (AvgIpc) is 2.65. The molecule has 3 rings (SSSR count). The zero-order chi connectivity index (χ0) is 12.6. The molecular formula is C14H13N3O. The maximum Gasteiger partial charge on any atom is 0.247 e. The smallest absolute Gasteiger partial charge is 0.247 e. The Kier molecular flexibility index (Phi) is 4.08. The van der Waals surface area contributed by atoms with Crippen LogP contribution in [0.2, 0.25) is 0 Å². The van der Waals surface area contributed by atoms with E-state index in [4.69, 9.17) is 0 Å². The highest BCUT2D eigenvalue weighted by Crippen LogP contribution is 2.17. The molecule has 0 saturated carbocycles. The number of aromatic amines is 1. The van der Waals surface area contributed by atoms with Gasteiger partial charge >= 0.3 is 0 Å². The molecule has 0 atom stereocenters. The Morgan fingerprint density at radius 2 is 1.83 bits per heavy atom. The summed E-state index contributed by atoms with van der Waals surface area (Å²) in [6.07, 6.45) is 7.28. The molecule has 1 aromatic heterocycles. The van der Waals surface area contributed by atoms with Crippen molar-refractivity contribution < 1.29 is 0 Å². The first-order chi connectivity index (χ1) is 8.86. The lowest BCUT2D eigenvalue weighted by atomic mass is 10.2. The van der Waals surface area contributed by atoms with Crippen molar-refractivity contribution in [2.24, 2.45) is 5.10 Å². The number of aromatic nitrogens is 1. The summed E-state index contributed by atoms with van der Waals surface area (Å²) >= 11 is 0. The number of H-pyrrole nitrogens is 1. The molecule has 2 aromatic rings. The van der Waals surface area contributed by atoms with E-state index >= 15 is 0 Å². The van der Waals surface area contributed by atoms with Crippen LogP contribution in [0.4, 0.5) is 5.69 Å². The number of nitrogens with one attached hydrogen (secondary N) is 2. The van der Waals surface area contributed by atoms with Crippen molar-refractivity contribution in [3.63, 3.8) is 0 Å². The number of anilines is 1. The highest BCUT2D eigenvalue weighted by molar-refractivity contribution is 5.83. The number of hydrogen-bond acceptors (Lipinski definition) is 3. The van der Waals surface area contributed by atoms with Gasteiger partial charge in [0, 0.05) is 18.5 Å². The number of para-hydroxylation sites is 1. The van der Waals surface area contributed by atoms with Crippen LogP contribution in [0.5, 0.6) is 0 Å². The standard InChI is InChI=1S/C9H8N2.C5H5NO/c1-2-6-9-8(4-1)5-3-7-10-11-9;7-5-3-1-2-4-6-5/h1-7,11H;1-4H,(H,6,7). The Morgan fingerprint density at radius 1 is 1.00 bits per heavy atom. The number of rotatable bonds is 0.